The van der Waals surface area contributed by atoms with Gasteiger partial charge in [0.15, 0.2) is 0 Å². The summed E-state index contributed by atoms with van der Waals surface area (Å²) in [6.07, 6.45) is 3.40. The maximum absolute atomic E-state index is 11.0. The number of rotatable bonds is 3. The molecule has 6 nitrogen and oxygen atoms in total. The highest BCUT2D eigenvalue weighted by atomic mass is 16.6. The van der Waals surface area contributed by atoms with E-state index in [1.54, 1.807) is 24.4 Å². The van der Waals surface area contributed by atoms with E-state index in [4.69, 9.17) is 5.73 Å². The van der Waals surface area contributed by atoms with Gasteiger partial charge in [0.1, 0.15) is 5.82 Å². The van der Waals surface area contributed by atoms with Crippen molar-refractivity contribution < 1.29 is 4.92 Å². The zero-order valence-corrected chi connectivity index (χ0v) is 9.59. The fraction of sp³-hybridized carbons (Fsp3) is 0.250. The van der Waals surface area contributed by atoms with Crippen LogP contribution >= 0.6 is 0 Å². The Hall–Kier alpha value is -2.21. The number of H-pyrrole nitrogens is 1. The molecule has 0 unspecified atom stereocenters. The second kappa shape index (κ2) is 3.64. The highest BCUT2D eigenvalue weighted by molar-refractivity contribution is 5.70. The molecule has 1 heterocycles. The molecule has 0 saturated heterocycles. The molecule has 1 aliphatic carbocycles. The summed E-state index contributed by atoms with van der Waals surface area (Å²) in [6, 6.07) is 6.58. The minimum Gasteiger partial charge on any atom is -0.340 e. The predicted molar refractivity (Wildman–Crippen MR) is 65.8 cm³/mol. The molecule has 2 aromatic rings. The van der Waals surface area contributed by atoms with Crippen molar-refractivity contribution in [2.24, 2.45) is 5.73 Å². The first-order valence-corrected chi connectivity index (χ1v) is 5.68. The number of nitrogens with two attached hydrogens (primary N) is 1. The number of para-hydroxylation sites is 1. The number of hydrogen-bond acceptors (Lipinski definition) is 4. The molecule has 0 bridgehead atoms. The van der Waals surface area contributed by atoms with Crippen molar-refractivity contribution in [2.75, 3.05) is 0 Å². The Morgan fingerprint density at radius 2 is 2.11 bits per heavy atom. The lowest BCUT2D eigenvalue weighted by Crippen LogP contribution is -2.20. The topological polar surface area (TPSA) is 97.8 Å². The summed E-state index contributed by atoms with van der Waals surface area (Å²) in [4.78, 5) is 17.9. The van der Waals surface area contributed by atoms with Crippen LogP contribution in [0.1, 0.15) is 18.7 Å². The number of nitrogens with zero attached hydrogens (tertiary/aromatic N) is 2. The molecule has 0 amide bonds. The number of nitrogens with one attached hydrogen (secondary N) is 1. The van der Waals surface area contributed by atoms with Gasteiger partial charge in [-0.05, 0) is 18.9 Å². The van der Waals surface area contributed by atoms with Gasteiger partial charge in [-0.2, -0.15) is 0 Å². The molecule has 0 aliphatic heterocycles. The van der Waals surface area contributed by atoms with E-state index in [1.165, 1.54) is 6.07 Å². The number of nitro benzene ring substituents is 1. The van der Waals surface area contributed by atoms with Gasteiger partial charge in [0.25, 0.3) is 5.69 Å². The third-order valence-electron chi connectivity index (χ3n) is 3.23. The van der Waals surface area contributed by atoms with E-state index in [1.807, 2.05) is 0 Å². The standard InChI is InChI=1S/C12H12N4O2/c13-12(5-6-12)11-14-7-9(15-11)8-3-1-2-4-10(8)16(17)18/h1-4,7H,5-6,13H2,(H,14,15). The minimum absolute atomic E-state index is 0.0644. The van der Waals surface area contributed by atoms with Crippen molar-refractivity contribution in [3.63, 3.8) is 0 Å². The first-order chi connectivity index (χ1) is 8.60. The molecule has 0 atom stereocenters. The number of hydrogen-bond donors (Lipinski definition) is 2. The Bertz CT molecular complexity index is 616. The first kappa shape index (κ1) is 10.9. The van der Waals surface area contributed by atoms with Gasteiger partial charge in [0, 0.05) is 6.07 Å². The summed E-state index contributed by atoms with van der Waals surface area (Å²) in [7, 11) is 0. The molecule has 92 valence electrons. The van der Waals surface area contributed by atoms with Crippen molar-refractivity contribution in [2.45, 2.75) is 18.4 Å². The van der Waals surface area contributed by atoms with Gasteiger partial charge in [0.05, 0.1) is 27.9 Å². The van der Waals surface area contributed by atoms with E-state index >= 15 is 0 Å². The van der Waals surface area contributed by atoms with Crippen LogP contribution in [0, 0.1) is 10.1 Å². The second-order valence-corrected chi connectivity index (χ2v) is 4.58. The molecule has 1 fully saturated rings. The molecule has 3 N–H and O–H groups in total. The Balaban J connectivity index is 2.05. The molecular formula is C12H12N4O2. The maximum Gasteiger partial charge on any atom is 0.278 e. The van der Waals surface area contributed by atoms with Crippen molar-refractivity contribution in [3.8, 4) is 11.3 Å². The number of nitro groups is 1. The van der Waals surface area contributed by atoms with E-state index in [0.29, 0.717) is 17.1 Å². The van der Waals surface area contributed by atoms with Crippen LogP contribution in [-0.2, 0) is 5.54 Å². The molecule has 1 saturated carbocycles. The van der Waals surface area contributed by atoms with E-state index in [9.17, 15) is 10.1 Å². The van der Waals surface area contributed by atoms with Gasteiger partial charge < -0.3 is 10.7 Å². The monoisotopic (exact) mass is 244 g/mol. The van der Waals surface area contributed by atoms with Gasteiger partial charge in [-0.3, -0.25) is 10.1 Å². The molecule has 0 radical (unpaired) electrons. The highest BCUT2D eigenvalue weighted by Gasteiger charge is 2.43. The van der Waals surface area contributed by atoms with Crippen molar-refractivity contribution in [3.05, 3.63) is 46.4 Å². The molecule has 0 spiro atoms. The van der Waals surface area contributed by atoms with Crippen LogP contribution in [0.2, 0.25) is 0 Å². The normalized spacial score (nSPS) is 16.5. The number of benzene rings is 1. The third-order valence-corrected chi connectivity index (χ3v) is 3.23. The lowest BCUT2D eigenvalue weighted by atomic mass is 10.1. The fourth-order valence-electron chi connectivity index (χ4n) is 1.94. The SMILES string of the molecule is NC1(c2ncc(-c3ccccc3[N+](=O)[O-])[nH]2)CC1. The summed E-state index contributed by atoms with van der Waals surface area (Å²) in [5.74, 6) is 0.704. The van der Waals surface area contributed by atoms with Crippen LogP contribution in [0.15, 0.2) is 30.5 Å². The Morgan fingerprint density at radius 3 is 2.78 bits per heavy atom. The molecule has 1 aliphatic rings. The average molecular weight is 244 g/mol. The van der Waals surface area contributed by atoms with Crippen molar-refractivity contribution >= 4 is 5.69 Å². The molecular weight excluding hydrogens is 232 g/mol. The van der Waals surface area contributed by atoms with E-state index in [-0.39, 0.29) is 11.2 Å². The van der Waals surface area contributed by atoms with Crippen molar-refractivity contribution in [1.82, 2.24) is 9.97 Å². The fourth-order valence-corrected chi connectivity index (χ4v) is 1.94. The van der Waals surface area contributed by atoms with E-state index in [0.717, 1.165) is 12.8 Å². The van der Waals surface area contributed by atoms with Crippen LogP contribution in [0.4, 0.5) is 5.69 Å². The molecule has 6 heteroatoms. The largest absolute Gasteiger partial charge is 0.340 e. The van der Waals surface area contributed by atoms with Crippen LogP contribution < -0.4 is 5.73 Å². The summed E-state index contributed by atoms with van der Waals surface area (Å²) in [5.41, 5.74) is 6.90. The zero-order valence-electron chi connectivity index (χ0n) is 9.59. The zero-order chi connectivity index (χ0) is 12.8. The highest BCUT2D eigenvalue weighted by Crippen LogP contribution is 2.41. The van der Waals surface area contributed by atoms with Gasteiger partial charge in [0.2, 0.25) is 0 Å². The predicted octanol–water partition coefficient (Wildman–Crippen LogP) is 1.93. The average Bonchev–Trinajstić information content (AvgIpc) is 2.94. The van der Waals surface area contributed by atoms with Gasteiger partial charge in [-0.15, -0.1) is 0 Å². The number of aromatic amines is 1. The Morgan fingerprint density at radius 1 is 1.39 bits per heavy atom. The number of aromatic nitrogens is 2. The number of imidazole rings is 1. The maximum atomic E-state index is 11.0. The van der Waals surface area contributed by atoms with E-state index < -0.39 is 4.92 Å². The first-order valence-electron chi connectivity index (χ1n) is 5.68. The molecule has 18 heavy (non-hydrogen) atoms. The van der Waals surface area contributed by atoms with Crippen LogP contribution in [-0.4, -0.2) is 14.9 Å². The van der Waals surface area contributed by atoms with Crippen LogP contribution in [0.3, 0.4) is 0 Å². The summed E-state index contributed by atoms with van der Waals surface area (Å²) in [5, 5.41) is 11.0. The van der Waals surface area contributed by atoms with E-state index in [2.05, 4.69) is 9.97 Å². The summed E-state index contributed by atoms with van der Waals surface area (Å²) < 4.78 is 0. The Labute approximate surface area is 103 Å². The van der Waals surface area contributed by atoms with Crippen LogP contribution in [0.25, 0.3) is 11.3 Å². The smallest absolute Gasteiger partial charge is 0.278 e. The van der Waals surface area contributed by atoms with Gasteiger partial charge in [-0.1, -0.05) is 12.1 Å². The Kier molecular flexibility index (Phi) is 2.21. The van der Waals surface area contributed by atoms with Crippen molar-refractivity contribution in [1.29, 1.82) is 0 Å². The molecule has 1 aromatic carbocycles. The quantitative estimate of drug-likeness (QED) is 0.636. The van der Waals surface area contributed by atoms with Gasteiger partial charge in [-0.25, -0.2) is 4.98 Å². The van der Waals surface area contributed by atoms with Crippen LogP contribution in [0.5, 0.6) is 0 Å². The van der Waals surface area contributed by atoms with Gasteiger partial charge >= 0.3 is 0 Å². The summed E-state index contributed by atoms with van der Waals surface area (Å²) in [6.45, 7) is 0. The lowest BCUT2D eigenvalue weighted by Gasteiger charge is -2.03. The lowest BCUT2D eigenvalue weighted by molar-refractivity contribution is -0.384. The third kappa shape index (κ3) is 1.67. The minimum atomic E-state index is -0.398. The summed E-state index contributed by atoms with van der Waals surface area (Å²) >= 11 is 0. The molecule has 3 rings (SSSR count). The second-order valence-electron chi connectivity index (χ2n) is 4.58. The molecule has 1 aromatic heterocycles.